The lowest BCUT2D eigenvalue weighted by Gasteiger charge is -2.34. The third kappa shape index (κ3) is 4.33. The van der Waals surface area contributed by atoms with Gasteiger partial charge in [0.2, 0.25) is 10.0 Å². The van der Waals surface area contributed by atoms with Gasteiger partial charge in [0.15, 0.2) is 0 Å². The first-order valence-corrected chi connectivity index (χ1v) is 10.6. The highest BCUT2D eigenvalue weighted by Crippen LogP contribution is 2.34. The highest BCUT2D eigenvalue weighted by atomic mass is 32.2. The summed E-state index contributed by atoms with van der Waals surface area (Å²) in [6.45, 7) is 2.50. The first kappa shape index (κ1) is 21.1. The molecule has 0 aliphatic carbocycles. The van der Waals surface area contributed by atoms with Crippen molar-refractivity contribution >= 4 is 15.9 Å². The number of ether oxygens (including phenoxy) is 1. The number of halogens is 3. The van der Waals surface area contributed by atoms with E-state index in [0.717, 1.165) is 0 Å². The van der Waals surface area contributed by atoms with Gasteiger partial charge in [-0.05, 0) is 37.5 Å². The largest absolute Gasteiger partial charge is 0.393 e. The molecule has 1 atom stereocenters. The van der Waals surface area contributed by atoms with Crippen LogP contribution in [0.4, 0.5) is 13.2 Å². The standard InChI is InChI=1S/C18H23F3N2O4S/c1-13-4-5-15(28(25,26)23-7-9-27-10-8-23)11-16(13)17(24)22-6-2-3-14(12-22)18(19,20)21/h4-5,11,14H,2-3,6-10,12H2,1H3/t14-/m1/s1. The lowest BCUT2D eigenvalue weighted by atomic mass is 9.96. The molecule has 2 aliphatic heterocycles. The molecular formula is C18H23F3N2O4S. The molecule has 2 saturated heterocycles. The van der Waals surface area contributed by atoms with E-state index in [1.165, 1.54) is 27.4 Å². The van der Waals surface area contributed by atoms with Crippen molar-refractivity contribution in [3.63, 3.8) is 0 Å². The van der Waals surface area contributed by atoms with Crippen molar-refractivity contribution in [1.29, 1.82) is 0 Å². The number of alkyl halides is 3. The van der Waals surface area contributed by atoms with Gasteiger partial charge in [-0.2, -0.15) is 17.5 Å². The number of benzene rings is 1. The van der Waals surface area contributed by atoms with Crippen LogP contribution in [-0.2, 0) is 14.8 Å². The van der Waals surface area contributed by atoms with Crippen LogP contribution in [-0.4, -0.2) is 69.1 Å². The number of sulfonamides is 1. The molecular weight excluding hydrogens is 397 g/mol. The van der Waals surface area contributed by atoms with Crippen LogP contribution in [0.2, 0.25) is 0 Å². The maximum absolute atomic E-state index is 13.1. The van der Waals surface area contributed by atoms with Crippen molar-refractivity contribution < 1.29 is 31.1 Å². The summed E-state index contributed by atoms with van der Waals surface area (Å²) >= 11 is 0. The average Bonchev–Trinajstić information content (AvgIpc) is 2.68. The maximum atomic E-state index is 13.1. The van der Waals surface area contributed by atoms with E-state index in [-0.39, 0.29) is 42.9 Å². The topological polar surface area (TPSA) is 66.9 Å². The number of aryl methyl sites for hydroxylation is 1. The summed E-state index contributed by atoms with van der Waals surface area (Å²) < 4.78 is 71.3. The summed E-state index contributed by atoms with van der Waals surface area (Å²) in [4.78, 5) is 14.0. The third-order valence-electron chi connectivity index (χ3n) is 5.22. The average molecular weight is 420 g/mol. The van der Waals surface area contributed by atoms with Crippen LogP contribution in [0, 0.1) is 12.8 Å². The summed E-state index contributed by atoms with van der Waals surface area (Å²) in [5, 5.41) is 0. The number of morpholine rings is 1. The van der Waals surface area contributed by atoms with E-state index in [4.69, 9.17) is 4.74 Å². The van der Waals surface area contributed by atoms with Crippen molar-refractivity contribution in [3.8, 4) is 0 Å². The number of rotatable bonds is 3. The number of carbonyl (C=O) groups is 1. The van der Waals surface area contributed by atoms with Gasteiger partial charge in [0.1, 0.15) is 0 Å². The molecule has 0 aromatic heterocycles. The number of likely N-dealkylation sites (tertiary alicyclic amines) is 1. The van der Waals surface area contributed by atoms with Crippen LogP contribution in [0.1, 0.15) is 28.8 Å². The fourth-order valence-corrected chi connectivity index (χ4v) is 4.96. The Kier molecular flexibility index (Phi) is 6.02. The minimum absolute atomic E-state index is 0.00227. The maximum Gasteiger partial charge on any atom is 0.393 e. The molecule has 1 amide bonds. The molecule has 0 saturated carbocycles. The summed E-state index contributed by atoms with van der Waals surface area (Å²) in [5.41, 5.74) is 0.650. The van der Waals surface area contributed by atoms with E-state index < -0.39 is 34.6 Å². The third-order valence-corrected chi connectivity index (χ3v) is 7.11. The van der Waals surface area contributed by atoms with Gasteiger partial charge in [-0.1, -0.05) is 6.07 Å². The zero-order chi connectivity index (χ0) is 20.5. The van der Waals surface area contributed by atoms with Gasteiger partial charge in [-0.3, -0.25) is 4.79 Å². The molecule has 2 aliphatic rings. The van der Waals surface area contributed by atoms with E-state index in [0.29, 0.717) is 18.8 Å². The molecule has 0 bridgehead atoms. The van der Waals surface area contributed by atoms with Crippen LogP contribution in [0.3, 0.4) is 0 Å². The molecule has 156 valence electrons. The highest BCUT2D eigenvalue weighted by Gasteiger charge is 2.43. The number of amides is 1. The number of hydrogen-bond donors (Lipinski definition) is 0. The van der Waals surface area contributed by atoms with Crippen molar-refractivity contribution in [2.24, 2.45) is 5.92 Å². The van der Waals surface area contributed by atoms with Crippen molar-refractivity contribution in [3.05, 3.63) is 29.3 Å². The Bertz CT molecular complexity index is 836. The van der Waals surface area contributed by atoms with Gasteiger partial charge in [0, 0.05) is 31.7 Å². The Balaban J connectivity index is 1.86. The van der Waals surface area contributed by atoms with Crippen LogP contribution in [0.25, 0.3) is 0 Å². The molecule has 6 nitrogen and oxygen atoms in total. The minimum atomic E-state index is -4.35. The van der Waals surface area contributed by atoms with E-state index in [9.17, 15) is 26.4 Å². The van der Waals surface area contributed by atoms with Gasteiger partial charge in [0.05, 0.1) is 24.0 Å². The number of piperidine rings is 1. The summed E-state index contributed by atoms with van der Waals surface area (Å²) in [6, 6.07) is 4.22. The molecule has 3 rings (SSSR count). The van der Waals surface area contributed by atoms with Crippen molar-refractivity contribution in [2.45, 2.75) is 30.8 Å². The zero-order valence-electron chi connectivity index (χ0n) is 15.5. The fraction of sp³-hybridized carbons (Fsp3) is 0.611. The normalized spacial score (nSPS) is 22.3. The summed E-state index contributed by atoms with van der Waals surface area (Å²) in [6.07, 6.45) is -4.09. The van der Waals surface area contributed by atoms with Crippen LogP contribution >= 0.6 is 0 Å². The second-order valence-corrected chi connectivity index (χ2v) is 9.06. The van der Waals surface area contributed by atoms with E-state index >= 15 is 0 Å². The number of carbonyl (C=O) groups excluding carboxylic acids is 1. The Morgan fingerprint density at radius 3 is 2.50 bits per heavy atom. The Hall–Kier alpha value is -1.65. The molecule has 1 aromatic rings. The lowest BCUT2D eigenvalue weighted by Crippen LogP contribution is -2.45. The molecule has 10 heteroatoms. The smallest absolute Gasteiger partial charge is 0.379 e. The minimum Gasteiger partial charge on any atom is -0.379 e. The van der Waals surface area contributed by atoms with Gasteiger partial charge in [-0.25, -0.2) is 8.42 Å². The fourth-order valence-electron chi connectivity index (χ4n) is 3.53. The van der Waals surface area contributed by atoms with Crippen LogP contribution in [0.5, 0.6) is 0 Å². The summed E-state index contributed by atoms with van der Waals surface area (Å²) in [7, 11) is -3.80. The highest BCUT2D eigenvalue weighted by molar-refractivity contribution is 7.89. The molecule has 0 unspecified atom stereocenters. The molecule has 1 aromatic carbocycles. The van der Waals surface area contributed by atoms with E-state index in [1.54, 1.807) is 6.92 Å². The van der Waals surface area contributed by atoms with Crippen LogP contribution < -0.4 is 0 Å². The molecule has 2 heterocycles. The Labute approximate surface area is 162 Å². The van der Waals surface area contributed by atoms with Gasteiger partial charge in [0.25, 0.3) is 5.91 Å². The number of nitrogens with zero attached hydrogens (tertiary/aromatic N) is 2. The Morgan fingerprint density at radius 2 is 1.86 bits per heavy atom. The zero-order valence-corrected chi connectivity index (χ0v) is 16.4. The second-order valence-electron chi connectivity index (χ2n) is 7.13. The van der Waals surface area contributed by atoms with Crippen molar-refractivity contribution in [2.75, 3.05) is 39.4 Å². The Morgan fingerprint density at radius 1 is 1.18 bits per heavy atom. The SMILES string of the molecule is Cc1ccc(S(=O)(=O)N2CCOCC2)cc1C(=O)N1CCC[C@@H](C(F)(F)F)C1. The lowest BCUT2D eigenvalue weighted by molar-refractivity contribution is -0.184. The first-order chi connectivity index (χ1) is 13.1. The quantitative estimate of drug-likeness (QED) is 0.753. The molecule has 2 fully saturated rings. The monoisotopic (exact) mass is 420 g/mol. The van der Waals surface area contributed by atoms with Gasteiger partial charge < -0.3 is 9.64 Å². The van der Waals surface area contributed by atoms with Gasteiger partial charge >= 0.3 is 6.18 Å². The predicted molar refractivity (Wildman–Crippen MR) is 95.4 cm³/mol. The first-order valence-electron chi connectivity index (χ1n) is 9.15. The second kappa shape index (κ2) is 8.00. The predicted octanol–water partition coefficient (Wildman–Crippen LogP) is 2.43. The van der Waals surface area contributed by atoms with Crippen molar-refractivity contribution in [1.82, 2.24) is 9.21 Å². The van der Waals surface area contributed by atoms with E-state index in [1.807, 2.05) is 0 Å². The molecule has 0 radical (unpaired) electrons. The molecule has 28 heavy (non-hydrogen) atoms. The molecule has 0 spiro atoms. The van der Waals surface area contributed by atoms with Crippen LogP contribution in [0.15, 0.2) is 23.1 Å². The molecule has 0 N–H and O–H groups in total. The number of hydrogen-bond acceptors (Lipinski definition) is 4. The summed E-state index contributed by atoms with van der Waals surface area (Å²) in [5.74, 6) is -2.11. The van der Waals surface area contributed by atoms with Gasteiger partial charge in [-0.15, -0.1) is 0 Å². The van der Waals surface area contributed by atoms with E-state index in [2.05, 4.69) is 0 Å².